The second-order valence-electron chi connectivity index (χ2n) is 3.88. The standard InChI is InChI=1S/C9H5F11O2/c10-2-1-3(21)6(8(15,16)17,9(18,19)20)5(22)4(11)7(12,13)14/h4H,1-2H2. The minimum absolute atomic E-state index is 2.12. The number of ketones is 2. The summed E-state index contributed by atoms with van der Waals surface area (Å²) in [6, 6.07) is 0. The Balaban J connectivity index is 6.45. The van der Waals surface area contributed by atoms with Gasteiger partial charge in [0.2, 0.25) is 5.78 Å². The van der Waals surface area contributed by atoms with E-state index >= 15 is 0 Å². The average Bonchev–Trinajstić information content (AvgIpc) is 2.23. The summed E-state index contributed by atoms with van der Waals surface area (Å²) in [5.41, 5.74) is -6.29. The van der Waals surface area contributed by atoms with Gasteiger partial charge in [-0.05, 0) is 0 Å². The quantitative estimate of drug-likeness (QED) is 0.560. The van der Waals surface area contributed by atoms with Crippen LogP contribution in [0.2, 0.25) is 0 Å². The number of hydrogen-bond donors (Lipinski definition) is 0. The van der Waals surface area contributed by atoms with Gasteiger partial charge in [-0.3, -0.25) is 14.0 Å². The van der Waals surface area contributed by atoms with Gasteiger partial charge in [-0.1, -0.05) is 0 Å². The van der Waals surface area contributed by atoms with Crippen molar-refractivity contribution in [3.63, 3.8) is 0 Å². The molecule has 0 aromatic rings. The smallest absolute Gasteiger partial charge is 0.298 e. The molecule has 0 saturated heterocycles. The lowest BCUT2D eigenvalue weighted by Gasteiger charge is -2.35. The highest BCUT2D eigenvalue weighted by atomic mass is 19.4. The summed E-state index contributed by atoms with van der Waals surface area (Å²) in [6.07, 6.45) is -27.7. The Morgan fingerprint density at radius 2 is 1.18 bits per heavy atom. The molecule has 0 fully saturated rings. The van der Waals surface area contributed by atoms with Crippen molar-refractivity contribution in [2.24, 2.45) is 5.41 Å². The Morgan fingerprint density at radius 3 is 1.41 bits per heavy atom. The van der Waals surface area contributed by atoms with Crippen LogP contribution in [0.5, 0.6) is 0 Å². The Hall–Kier alpha value is -1.43. The maximum Gasteiger partial charge on any atom is 0.426 e. The van der Waals surface area contributed by atoms with Gasteiger partial charge in [0, 0.05) is 6.42 Å². The summed E-state index contributed by atoms with van der Waals surface area (Å²) in [4.78, 5) is 21.9. The highest BCUT2D eigenvalue weighted by Crippen LogP contribution is 2.54. The molecule has 0 radical (unpaired) electrons. The molecule has 0 saturated carbocycles. The van der Waals surface area contributed by atoms with Gasteiger partial charge in [-0.15, -0.1) is 0 Å². The van der Waals surface area contributed by atoms with Crippen molar-refractivity contribution < 1.29 is 57.9 Å². The zero-order chi connectivity index (χ0) is 18.1. The molecule has 1 unspecified atom stereocenters. The monoisotopic (exact) mass is 354 g/mol. The zero-order valence-electron chi connectivity index (χ0n) is 9.97. The van der Waals surface area contributed by atoms with E-state index in [1.807, 2.05) is 0 Å². The molecule has 1 atom stereocenters. The molecule has 0 rings (SSSR count). The van der Waals surface area contributed by atoms with E-state index in [4.69, 9.17) is 0 Å². The van der Waals surface area contributed by atoms with Crippen LogP contribution in [0.25, 0.3) is 0 Å². The van der Waals surface area contributed by atoms with E-state index in [0.717, 1.165) is 0 Å². The number of Topliss-reactive ketones (excluding diaryl/α,β-unsaturated/α-hetero) is 2. The van der Waals surface area contributed by atoms with Crippen molar-refractivity contribution in [1.29, 1.82) is 0 Å². The lowest BCUT2D eigenvalue weighted by atomic mass is 9.74. The molecular formula is C9H5F11O2. The molecule has 22 heavy (non-hydrogen) atoms. The van der Waals surface area contributed by atoms with Crippen molar-refractivity contribution in [3.8, 4) is 0 Å². The van der Waals surface area contributed by atoms with Crippen molar-refractivity contribution in [3.05, 3.63) is 0 Å². The third-order valence-corrected chi connectivity index (χ3v) is 2.48. The van der Waals surface area contributed by atoms with Crippen molar-refractivity contribution >= 4 is 11.6 Å². The summed E-state index contributed by atoms with van der Waals surface area (Å²) in [5, 5.41) is 0. The number of alkyl halides is 11. The van der Waals surface area contributed by atoms with Crippen LogP contribution >= 0.6 is 0 Å². The van der Waals surface area contributed by atoms with Gasteiger partial charge < -0.3 is 0 Å². The molecule has 13 heteroatoms. The van der Waals surface area contributed by atoms with E-state index in [-0.39, 0.29) is 0 Å². The van der Waals surface area contributed by atoms with E-state index in [1.165, 1.54) is 0 Å². The van der Waals surface area contributed by atoms with E-state index in [1.54, 1.807) is 0 Å². The van der Waals surface area contributed by atoms with Crippen molar-refractivity contribution in [2.75, 3.05) is 6.67 Å². The van der Waals surface area contributed by atoms with Crippen LogP contribution in [0.1, 0.15) is 6.42 Å². The first-order valence-electron chi connectivity index (χ1n) is 5.03. The molecule has 0 aromatic carbocycles. The molecule has 0 aliphatic rings. The van der Waals surface area contributed by atoms with Gasteiger partial charge in [0.1, 0.15) is 0 Å². The van der Waals surface area contributed by atoms with E-state index in [9.17, 15) is 57.9 Å². The van der Waals surface area contributed by atoms with Crippen LogP contribution in [0, 0.1) is 5.41 Å². The highest BCUT2D eigenvalue weighted by molar-refractivity contribution is 6.10. The van der Waals surface area contributed by atoms with Gasteiger partial charge in [-0.25, -0.2) is 4.39 Å². The van der Waals surface area contributed by atoms with Crippen LogP contribution in [0.4, 0.5) is 48.3 Å². The Morgan fingerprint density at radius 1 is 0.818 bits per heavy atom. The largest absolute Gasteiger partial charge is 0.426 e. The molecule has 130 valence electrons. The van der Waals surface area contributed by atoms with Crippen LogP contribution in [0.3, 0.4) is 0 Å². The number of carbonyl (C=O) groups is 2. The number of carbonyl (C=O) groups excluding carboxylic acids is 2. The molecule has 0 bridgehead atoms. The molecule has 0 spiro atoms. The summed E-state index contributed by atoms with van der Waals surface area (Å²) in [5.74, 6) is -7.36. The number of rotatable bonds is 5. The van der Waals surface area contributed by atoms with Crippen LogP contribution < -0.4 is 0 Å². The van der Waals surface area contributed by atoms with Gasteiger partial charge in [-0.2, -0.15) is 39.5 Å². The average molecular weight is 354 g/mol. The maximum absolute atomic E-state index is 12.7. The topological polar surface area (TPSA) is 34.1 Å². The number of hydrogen-bond acceptors (Lipinski definition) is 2. The van der Waals surface area contributed by atoms with Crippen LogP contribution in [-0.2, 0) is 9.59 Å². The first-order valence-corrected chi connectivity index (χ1v) is 5.03. The van der Waals surface area contributed by atoms with Crippen LogP contribution in [0.15, 0.2) is 0 Å². The molecule has 0 heterocycles. The third kappa shape index (κ3) is 3.32. The summed E-state index contributed by atoms with van der Waals surface area (Å²) < 4.78 is 136. The second-order valence-corrected chi connectivity index (χ2v) is 3.88. The van der Waals surface area contributed by atoms with E-state index in [0.29, 0.717) is 0 Å². The minimum atomic E-state index is -6.94. The van der Waals surface area contributed by atoms with Gasteiger partial charge in [0.15, 0.2) is 5.78 Å². The predicted octanol–water partition coefficient (Wildman–Crippen LogP) is 3.50. The Kier molecular flexibility index (Phi) is 5.60. The lowest BCUT2D eigenvalue weighted by Crippen LogP contribution is -2.64. The Labute approximate surface area is 114 Å². The molecule has 0 aliphatic carbocycles. The fourth-order valence-corrected chi connectivity index (χ4v) is 1.51. The normalized spacial score (nSPS) is 15.6. The molecule has 0 aromatic heterocycles. The first-order chi connectivity index (χ1) is 9.55. The van der Waals surface area contributed by atoms with Crippen molar-refractivity contribution in [2.45, 2.75) is 31.1 Å². The molecule has 0 aliphatic heterocycles. The fraction of sp³-hybridized carbons (Fsp3) is 0.778. The minimum Gasteiger partial charge on any atom is -0.298 e. The first kappa shape index (κ1) is 20.6. The molecule has 2 nitrogen and oxygen atoms in total. The van der Waals surface area contributed by atoms with E-state index < -0.39 is 54.8 Å². The molecule has 0 amide bonds. The number of halogens is 11. The summed E-state index contributed by atoms with van der Waals surface area (Å²) in [7, 11) is 0. The summed E-state index contributed by atoms with van der Waals surface area (Å²) in [6.45, 7) is -2.12. The summed E-state index contributed by atoms with van der Waals surface area (Å²) >= 11 is 0. The van der Waals surface area contributed by atoms with Gasteiger partial charge >= 0.3 is 18.5 Å². The van der Waals surface area contributed by atoms with Crippen LogP contribution in [-0.4, -0.2) is 42.9 Å². The zero-order valence-corrected chi connectivity index (χ0v) is 9.97. The predicted molar refractivity (Wildman–Crippen MR) is 46.1 cm³/mol. The highest BCUT2D eigenvalue weighted by Gasteiger charge is 2.81. The third-order valence-electron chi connectivity index (χ3n) is 2.48. The van der Waals surface area contributed by atoms with Gasteiger partial charge in [0.25, 0.3) is 11.6 Å². The van der Waals surface area contributed by atoms with E-state index in [2.05, 4.69) is 0 Å². The lowest BCUT2D eigenvalue weighted by molar-refractivity contribution is -0.314. The Bertz CT molecular complexity index is 416. The molecule has 0 N–H and O–H groups in total. The van der Waals surface area contributed by atoms with Gasteiger partial charge in [0.05, 0.1) is 6.67 Å². The SMILES string of the molecule is O=C(CCF)C(C(=O)C(F)C(F)(F)F)(C(F)(F)F)C(F)(F)F. The fourth-order valence-electron chi connectivity index (χ4n) is 1.51. The van der Waals surface area contributed by atoms with Crippen molar-refractivity contribution in [1.82, 2.24) is 0 Å². The maximum atomic E-state index is 12.7. The molecular weight excluding hydrogens is 349 g/mol. The second kappa shape index (κ2) is 5.99.